The van der Waals surface area contributed by atoms with Crippen LogP contribution in [0, 0.1) is 10.8 Å². The first-order chi connectivity index (χ1) is 8.79. The predicted octanol–water partition coefficient (Wildman–Crippen LogP) is 3.74. The molecule has 0 unspecified atom stereocenters. The molecule has 1 fully saturated rings. The van der Waals surface area contributed by atoms with Gasteiger partial charge in [-0.15, -0.1) is 0 Å². The fourth-order valence-corrected chi connectivity index (χ4v) is 3.66. The smallest absolute Gasteiger partial charge is 0.145 e. The molecule has 1 aliphatic rings. The highest BCUT2D eigenvalue weighted by molar-refractivity contribution is 5.97. The maximum atomic E-state index is 12.8. The summed E-state index contributed by atoms with van der Waals surface area (Å²) in [7, 11) is 0. The number of hydrogen-bond acceptors (Lipinski definition) is 3. The van der Waals surface area contributed by atoms with Crippen molar-refractivity contribution in [2.75, 3.05) is 0 Å². The van der Waals surface area contributed by atoms with E-state index >= 15 is 0 Å². The topological polar surface area (TPSA) is 47.3 Å². The molecule has 2 rings (SSSR count). The van der Waals surface area contributed by atoms with Gasteiger partial charge in [0, 0.05) is 16.4 Å². The Balaban J connectivity index is 2.46. The molecule has 0 N–H and O–H groups in total. The van der Waals surface area contributed by atoms with E-state index in [1.54, 1.807) is 25.5 Å². The molecule has 3 nitrogen and oxygen atoms in total. The molecule has 0 aromatic carbocycles. The average molecular weight is 262 g/mol. The molecule has 0 saturated heterocycles. The third-order valence-electron chi connectivity index (χ3n) is 4.55. The molecule has 19 heavy (non-hydrogen) atoms. The maximum absolute atomic E-state index is 12.8. The summed E-state index contributed by atoms with van der Waals surface area (Å²) < 4.78 is 5.11. The van der Waals surface area contributed by atoms with Crippen LogP contribution < -0.4 is 0 Å². The molecule has 104 valence electrons. The molecule has 2 atom stereocenters. The van der Waals surface area contributed by atoms with E-state index < -0.39 is 11.3 Å². The molecule has 0 amide bonds. The number of rotatable bonds is 3. The predicted molar refractivity (Wildman–Crippen MR) is 72.9 cm³/mol. The van der Waals surface area contributed by atoms with Crippen molar-refractivity contribution in [3.8, 4) is 0 Å². The summed E-state index contributed by atoms with van der Waals surface area (Å²) in [5.74, 6) is -0.152. The fourth-order valence-electron chi connectivity index (χ4n) is 3.66. The second kappa shape index (κ2) is 4.62. The lowest BCUT2D eigenvalue weighted by Gasteiger charge is -2.44. The minimum absolute atomic E-state index is 0.0370. The van der Waals surface area contributed by atoms with Gasteiger partial charge in [0.15, 0.2) is 0 Å². The zero-order valence-electron chi connectivity index (χ0n) is 12.2. The molecule has 1 aromatic heterocycles. The molecule has 3 heteroatoms. The summed E-state index contributed by atoms with van der Waals surface area (Å²) in [4.78, 5) is 24.9. The van der Waals surface area contributed by atoms with Gasteiger partial charge in [-0.05, 0) is 25.8 Å². The third kappa shape index (κ3) is 2.26. The van der Waals surface area contributed by atoms with Crippen LogP contribution in [0.25, 0.3) is 0 Å². The van der Waals surface area contributed by atoms with E-state index in [0.29, 0.717) is 0 Å². The Kier molecular flexibility index (Phi) is 3.41. The lowest BCUT2D eigenvalue weighted by atomic mass is 9.56. The maximum Gasteiger partial charge on any atom is 0.145 e. The zero-order chi connectivity index (χ0) is 14.3. The van der Waals surface area contributed by atoms with Gasteiger partial charge in [-0.25, -0.2) is 0 Å². The van der Waals surface area contributed by atoms with E-state index in [-0.39, 0.29) is 17.0 Å². The van der Waals surface area contributed by atoms with E-state index in [1.165, 1.54) is 0 Å². The van der Waals surface area contributed by atoms with Gasteiger partial charge < -0.3 is 4.42 Å². The van der Waals surface area contributed by atoms with Gasteiger partial charge in [-0.3, -0.25) is 9.59 Å². The standard InChI is InChI=1S/C16H22O3/c1-11(17)13(12-6-9-19-10-12)16(4)8-5-7-15(2,3)14(16)18/h6,9-10,13H,5,7-8H2,1-4H3/t13-,16-/m1/s1. The van der Waals surface area contributed by atoms with Gasteiger partial charge in [0.1, 0.15) is 11.6 Å². The fraction of sp³-hybridized carbons (Fsp3) is 0.625. The van der Waals surface area contributed by atoms with Crippen LogP contribution in [0.2, 0.25) is 0 Å². The normalized spacial score (nSPS) is 28.1. The van der Waals surface area contributed by atoms with Crippen LogP contribution in [0.1, 0.15) is 58.4 Å². The second-order valence-corrected chi connectivity index (χ2v) is 6.58. The summed E-state index contributed by atoms with van der Waals surface area (Å²) in [6, 6.07) is 1.80. The van der Waals surface area contributed by atoms with E-state index in [4.69, 9.17) is 4.42 Å². The molecule has 1 heterocycles. The molecular weight excluding hydrogens is 240 g/mol. The monoisotopic (exact) mass is 262 g/mol. The van der Waals surface area contributed by atoms with Crippen molar-refractivity contribution in [3.63, 3.8) is 0 Å². The molecule has 0 spiro atoms. The van der Waals surface area contributed by atoms with Gasteiger partial charge in [-0.1, -0.05) is 27.2 Å². The number of furan rings is 1. The van der Waals surface area contributed by atoms with Gasteiger partial charge in [0.25, 0.3) is 0 Å². The average Bonchev–Trinajstić information content (AvgIpc) is 2.79. The first-order valence-corrected chi connectivity index (χ1v) is 6.86. The Hall–Kier alpha value is -1.38. The lowest BCUT2D eigenvalue weighted by Crippen LogP contribution is -2.47. The highest BCUT2D eigenvalue weighted by Crippen LogP contribution is 2.50. The van der Waals surface area contributed by atoms with Crippen molar-refractivity contribution >= 4 is 11.6 Å². The molecule has 0 bridgehead atoms. The Morgan fingerprint density at radius 1 is 1.32 bits per heavy atom. The SMILES string of the molecule is CC(=O)[C@H](c1ccoc1)[C@@]1(C)CCCC(C)(C)C1=O. The quantitative estimate of drug-likeness (QED) is 0.833. The van der Waals surface area contributed by atoms with Gasteiger partial charge in [0.2, 0.25) is 0 Å². The van der Waals surface area contributed by atoms with Crippen molar-refractivity contribution in [2.24, 2.45) is 10.8 Å². The number of carbonyl (C=O) groups excluding carboxylic acids is 2. The van der Waals surface area contributed by atoms with Crippen molar-refractivity contribution in [1.29, 1.82) is 0 Å². The number of Topliss-reactive ketones (excluding diaryl/α,β-unsaturated/α-hetero) is 2. The second-order valence-electron chi connectivity index (χ2n) is 6.58. The summed E-state index contributed by atoms with van der Waals surface area (Å²) >= 11 is 0. The molecular formula is C16H22O3. The Morgan fingerprint density at radius 2 is 2.00 bits per heavy atom. The highest BCUT2D eigenvalue weighted by Gasteiger charge is 2.51. The number of carbonyl (C=O) groups is 2. The molecule has 1 aliphatic carbocycles. The Labute approximate surface area is 114 Å². The third-order valence-corrected chi connectivity index (χ3v) is 4.55. The van der Waals surface area contributed by atoms with Crippen LogP contribution in [0.15, 0.2) is 23.0 Å². The van der Waals surface area contributed by atoms with Crippen LogP contribution in [0.4, 0.5) is 0 Å². The minimum Gasteiger partial charge on any atom is -0.472 e. The summed E-state index contributed by atoms with van der Waals surface area (Å²) in [6.07, 6.45) is 5.80. The van der Waals surface area contributed by atoms with Crippen LogP contribution in [0.5, 0.6) is 0 Å². The highest BCUT2D eigenvalue weighted by atomic mass is 16.3. The lowest BCUT2D eigenvalue weighted by molar-refractivity contribution is -0.145. The zero-order valence-corrected chi connectivity index (χ0v) is 12.2. The van der Waals surface area contributed by atoms with Crippen molar-refractivity contribution < 1.29 is 14.0 Å². The van der Waals surface area contributed by atoms with Gasteiger partial charge >= 0.3 is 0 Å². The van der Waals surface area contributed by atoms with Crippen molar-refractivity contribution in [3.05, 3.63) is 24.2 Å². The largest absolute Gasteiger partial charge is 0.472 e. The first-order valence-electron chi connectivity index (χ1n) is 6.86. The Bertz CT molecular complexity index is 484. The van der Waals surface area contributed by atoms with E-state index in [9.17, 15) is 9.59 Å². The van der Waals surface area contributed by atoms with Crippen LogP contribution >= 0.6 is 0 Å². The Morgan fingerprint density at radius 3 is 2.53 bits per heavy atom. The van der Waals surface area contributed by atoms with Crippen LogP contribution in [-0.2, 0) is 9.59 Å². The summed E-state index contributed by atoms with van der Waals surface area (Å²) in [5, 5.41) is 0. The first kappa shape index (κ1) is 14.0. The summed E-state index contributed by atoms with van der Waals surface area (Å²) in [5.41, 5.74) is -0.136. The van der Waals surface area contributed by atoms with Gasteiger partial charge in [0.05, 0.1) is 18.4 Å². The van der Waals surface area contributed by atoms with Crippen LogP contribution in [0.3, 0.4) is 0 Å². The van der Waals surface area contributed by atoms with Crippen molar-refractivity contribution in [1.82, 2.24) is 0 Å². The van der Waals surface area contributed by atoms with E-state index in [0.717, 1.165) is 24.8 Å². The van der Waals surface area contributed by atoms with Gasteiger partial charge in [-0.2, -0.15) is 0 Å². The molecule has 0 aliphatic heterocycles. The number of ketones is 2. The van der Waals surface area contributed by atoms with Crippen LogP contribution in [-0.4, -0.2) is 11.6 Å². The molecule has 1 saturated carbocycles. The molecule has 1 aromatic rings. The van der Waals surface area contributed by atoms with E-state index in [1.807, 2.05) is 20.8 Å². The van der Waals surface area contributed by atoms with Crippen molar-refractivity contribution in [2.45, 2.75) is 52.9 Å². The minimum atomic E-state index is -0.614. The summed E-state index contributed by atoms with van der Waals surface area (Å²) in [6.45, 7) is 7.48. The van der Waals surface area contributed by atoms with E-state index in [2.05, 4.69) is 0 Å². The molecule has 0 radical (unpaired) electrons. The number of hydrogen-bond donors (Lipinski definition) is 0.